The van der Waals surface area contributed by atoms with Gasteiger partial charge in [-0.3, -0.25) is 9.58 Å². The zero-order valence-corrected chi connectivity index (χ0v) is 10.8. The molecule has 0 aliphatic rings. The zero-order valence-electron chi connectivity index (χ0n) is 10.8. The molecule has 0 bridgehead atoms. The lowest BCUT2D eigenvalue weighted by molar-refractivity contribution is 0.237. The van der Waals surface area contributed by atoms with Crippen molar-refractivity contribution in [1.29, 1.82) is 0 Å². The van der Waals surface area contributed by atoms with Crippen LogP contribution < -0.4 is 5.73 Å². The Morgan fingerprint density at radius 1 is 1.44 bits per heavy atom. The van der Waals surface area contributed by atoms with Crippen molar-refractivity contribution in [3.8, 4) is 0 Å². The molecule has 0 spiro atoms. The normalized spacial score (nSPS) is 13.7. The summed E-state index contributed by atoms with van der Waals surface area (Å²) in [6.45, 7) is 8.11. The molecule has 0 aliphatic carbocycles. The molecule has 1 aromatic heterocycles. The summed E-state index contributed by atoms with van der Waals surface area (Å²) in [6, 6.07) is 3.03. The van der Waals surface area contributed by atoms with E-state index in [1.807, 2.05) is 10.9 Å². The van der Waals surface area contributed by atoms with Crippen molar-refractivity contribution in [3.63, 3.8) is 0 Å². The lowest BCUT2D eigenvalue weighted by atomic mass is 10.2. The van der Waals surface area contributed by atoms with Crippen molar-refractivity contribution >= 4 is 0 Å². The number of nitrogens with zero attached hydrogens (tertiary/aromatic N) is 3. The van der Waals surface area contributed by atoms with Crippen LogP contribution in [0.3, 0.4) is 0 Å². The van der Waals surface area contributed by atoms with Crippen LogP contribution in [0.15, 0.2) is 12.3 Å². The smallest absolute Gasteiger partial charge is 0.0764 e. The number of hydrogen-bond acceptors (Lipinski definition) is 3. The fourth-order valence-corrected chi connectivity index (χ4v) is 1.62. The van der Waals surface area contributed by atoms with Gasteiger partial charge in [-0.2, -0.15) is 5.10 Å². The van der Waals surface area contributed by atoms with Crippen molar-refractivity contribution in [3.05, 3.63) is 18.0 Å². The van der Waals surface area contributed by atoms with Crippen LogP contribution in [0.25, 0.3) is 0 Å². The van der Waals surface area contributed by atoms with Crippen molar-refractivity contribution in [1.82, 2.24) is 14.7 Å². The van der Waals surface area contributed by atoms with E-state index in [9.17, 15) is 0 Å². The molecule has 2 N–H and O–H groups in total. The first-order valence-electron chi connectivity index (χ1n) is 5.99. The number of rotatable bonds is 6. The number of hydrogen-bond donors (Lipinski definition) is 1. The third-order valence-electron chi connectivity index (χ3n) is 2.94. The Bertz CT molecular complexity index is 306. The minimum Gasteiger partial charge on any atom is -0.330 e. The van der Waals surface area contributed by atoms with Crippen LogP contribution in [-0.4, -0.2) is 34.3 Å². The quantitative estimate of drug-likeness (QED) is 0.799. The lowest BCUT2D eigenvalue weighted by Crippen LogP contribution is -2.30. The van der Waals surface area contributed by atoms with E-state index in [0.717, 1.165) is 25.2 Å². The van der Waals surface area contributed by atoms with Gasteiger partial charge in [-0.1, -0.05) is 0 Å². The number of nitrogens with two attached hydrogens (primary N) is 1. The lowest BCUT2D eigenvalue weighted by Gasteiger charge is -2.23. The van der Waals surface area contributed by atoms with Crippen LogP contribution in [0.1, 0.15) is 38.9 Å². The van der Waals surface area contributed by atoms with E-state index >= 15 is 0 Å². The molecule has 0 fully saturated rings. The molecule has 1 aromatic rings. The summed E-state index contributed by atoms with van der Waals surface area (Å²) in [6.07, 6.45) is 3.07. The van der Waals surface area contributed by atoms with Crippen molar-refractivity contribution in [2.45, 2.75) is 45.8 Å². The minimum absolute atomic E-state index is 0.431. The van der Waals surface area contributed by atoms with E-state index in [1.165, 1.54) is 0 Å². The molecule has 4 nitrogen and oxygen atoms in total. The van der Waals surface area contributed by atoms with Crippen LogP contribution in [0, 0.1) is 0 Å². The molecule has 0 aromatic carbocycles. The summed E-state index contributed by atoms with van der Waals surface area (Å²) in [7, 11) is 2.12. The topological polar surface area (TPSA) is 47.1 Å². The van der Waals surface area contributed by atoms with Gasteiger partial charge in [-0.05, 0) is 46.9 Å². The van der Waals surface area contributed by atoms with Gasteiger partial charge in [0.25, 0.3) is 0 Å². The highest BCUT2D eigenvalue weighted by atomic mass is 15.3. The summed E-state index contributed by atoms with van der Waals surface area (Å²) in [5, 5.41) is 4.54. The second kappa shape index (κ2) is 6.01. The van der Waals surface area contributed by atoms with E-state index in [0.29, 0.717) is 12.1 Å². The Labute approximate surface area is 98.4 Å². The van der Waals surface area contributed by atoms with Gasteiger partial charge in [0.1, 0.15) is 0 Å². The molecule has 0 saturated carbocycles. The van der Waals surface area contributed by atoms with Crippen LogP contribution >= 0.6 is 0 Å². The van der Waals surface area contributed by atoms with Gasteiger partial charge in [0.2, 0.25) is 0 Å². The molecule has 0 radical (unpaired) electrons. The van der Waals surface area contributed by atoms with E-state index < -0.39 is 0 Å². The van der Waals surface area contributed by atoms with Crippen molar-refractivity contribution in [2.75, 3.05) is 13.6 Å². The van der Waals surface area contributed by atoms with Gasteiger partial charge in [-0.25, -0.2) is 0 Å². The van der Waals surface area contributed by atoms with Crippen LogP contribution in [0.2, 0.25) is 0 Å². The first-order valence-corrected chi connectivity index (χ1v) is 5.99. The molecular formula is C12H24N4. The highest BCUT2D eigenvalue weighted by Crippen LogP contribution is 2.08. The Morgan fingerprint density at radius 3 is 2.62 bits per heavy atom. The highest BCUT2D eigenvalue weighted by Gasteiger charge is 2.10. The molecule has 1 rings (SSSR count). The standard InChI is InChI=1S/C12H24N4/c1-10(2)16-8-6-12(14-16)9-15(4)11(3)5-7-13/h6,8,10-11H,5,7,9,13H2,1-4H3. The van der Waals surface area contributed by atoms with E-state index in [1.54, 1.807) is 0 Å². The fraction of sp³-hybridized carbons (Fsp3) is 0.750. The van der Waals surface area contributed by atoms with Crippen LogP contribution in [-0.2, 0) is 6.54 Å². The summed E-state index contributed by atoms with van der Waals surface area (Å²) < 4.78 is 2.00. The second-order valence-electron chi connectivity index (χ2n) is 4.72. The first kappa shape index (κ1) is 13.2. The molecule has 1 atom stereocenters. The summed E-state index contributed by atoms with van der Waals surface area (Å²) in [5.41, 5.74) is 6.68. The predicted octanol–water partition coefficient (Wildman–Crippen LogP) is 1.63. The maximum absolute atomic E-state index is 5.56. The average Bonchev–Trinajstić information content (AvgIpc) is 2.66. The third kappa shape index (κ3) is 3.61. The molecule has 4 heteroatoms. The van der Waals surface area contributed by atoms with Gasteiger partial charge in [0.15, 0.2) is 0 Å². The first-order chi connectivity index (χ1) is 7.54. The van der Waals surface area contributed by atoms with Crippen LogP contribution in [0.4, 0.5) is 0 Å². The van der Waals surface area contributed by atoms with E-state index in [2.05, 4.69) is 43.9 Å². The summed E-state index contributed by atoms with van der Waals surface area (Å²) in [4.78, 5) is 2.29. The number of aromatic nitrogens is 2. The summed E-state index contributed by atoms with van der Waals surface area (Å²) in [5.74, 6) is 0. The minimum atomic E-state index is 0.431. The van der Waals surface area contributed by atoms with Gasteiger partial charge in [0, 0.05) is 24.8 Å². The molecule has 0 saturated heterocycles. The van der Waals surface area contributed by atoms with E-state index in [-0.39, 0.29) is 0 Å². The molecule has 0 aliphatic heterocycles. The Balaban J connectivity index is 2.52. The van der Waals surface area contributed by atoms with Crippen molar-refractivity contribution in [2.24, 2.45) is 5.73 Å². The zero-order chi connectivity index (χ0) is 12.1. The van der Waals surface area contributed by atoms with E-state index in [4.69, 9.17) is 5.73 Å². The van der Waals surface area contributed by atoms with Gasteiger partial charge < -0.3 is 5.73 Å². The summed E-state index contributed by atoms with van der Waals surface area (Å²) >= 11 is 0. The van der Waals surface area contributed by atoms with Crippen molar-refractivity contribution < 1.29 is 0 Å². The maximum Gasteiger partial charge on any atom is 0.0764 e. The third-order valence-corrected chi connectivity index (χ3v) is 2.94. The predicted molar refractivity (Wildman–Crippen MR) is 67.2 cm³/mol. The molecular weight excluding hydrogens is 200 g/mol. The van der Waals surface area contributed by atoms with Crippen LogP contribution in [0.5, 0.6) is 0 Å². The Kier molecular flexibility index (Phi) is 4.96. The Hall–Kier alpha value is -0.870. The second-order valence-corrected chi connectivity index (χ2v) is 4.72. The largest absolute Gasteiger partial charge is 0.330 e. The molecule has 1 unspecified atom stereocenters. The van der Waals surface area contributed by atoms with Gasteiger partial charge in [-0.15, -0.1) is 0 Å². The fourth-order valence-electron chi connectivity index (χ4n) is 1.62. The average molecular weight is 224 g/mol. The van der Waals surface area contributed by atoms with Gasteiger partial charge >= 0.3 is 0 Å². The Morgan fingerprint density at radius 2 is 2.12 bits per heavy atom. The SMILES string of the molecule is CC(CCN)N(C)Cc1ccn(C(C)C)n1. The molecule has 0 amide bonds. The highest BCUT2D eigenvalue weighted by molar-refractivity contribution is 4.99. The molecule has 16 heavy (non-hydrogen) atoms. The monoisotopic (exact) mass is 224 g/mol. The molecule has 92 valence electrons. The molecule has 1 heterocycles. The van der Waals surface area contributed by atoms with Gasteiger partial charge in [0.05, 0.1) is 5.69 Å². The maximum atomic E-state index is 5.56.